The van der Waals surface area contributed by atoms with Gasteiger partial charge in [0.2, 0.25) is 0 Å². The highest BCUT2D eigenvalue weighted by atomic mass is 16.1. The van der Waals surface area contributed by atoms with Gasteiger partial charge in [-0.05, 0) is 29.7 Å². The van der Waals surface area contributed by atoms with Gasteiger partial charge in [0.05, 0.1) is 10.9 Å². The van der Waals surface area contributed by atoms with E-state index in [0.29, 0.717) is 16.3 Å². The zero-order valence-corrected chi connectivity index (χ0v) is 11.8. The second kappa shape index (κ2) is 4.24. The molecule has 1 heterocycles. The summed E-state index contributed by atoms with van der Waals surface area (Å²) < 4.78 is 1.52. The van der Waals surface area contributed by atoms with Crippen LogP contribution in [0, 0.1) is 0 Å². The van der Waals surface area contributed by atoms with E-state index in [1.54, 1.807) is 19.2 Å². The summed E-state index contributed by atoms with van der Waals surface area (Å²) in [4.78, 5) is 37.0. The maximum Gasteiger partial charge on any atom is 0.259 e. The van der Waals surface area contributed by atoms with E-state index in [-0.39, 0.29) is 22.7 Å². The lowest BCUT2D eigenvalue weighted by atomic mass is 9.89. The minimum absolute atomic E-state index is 0.219. The van der Waals surface area contributed by atoms with Crippen molar-refractivity contribution < 1.29 is 9.59 Å². The lowest BCUT2D eigenvalue weighted by Crippen LogP contribution is -2.22. The number of nitrogens with zero attached hydrogens (tertiary/aromatic N) is 1. The molecule has 1 aliphatic carbocycles. The molecule has 0 N–H and O–H groups in total. The molecule has 4 nitrogen and oxygen atoms in total. The summed E-state index contributed by atoms with van der Waals surface area (Å²) in [5.41, 5.74) is 1.05. The SMILES string of the molecule is Cn1c(=O)c2c3c(ccc2c2ccccc21)C(=O)C=CC3=O. The van der Waals surface area contributed by atoms with Crippen molar-refractivity contribution in [3.05, 3.63) is 70.0 Å². The minimum atomic E-state index is -0.299. The lowest BCUT2D eigenvalue weighted by molar-refractivity contribution is 0.0995. The standard InChI is InChI=1S/C18H11NO3/c1-19-13-5-3-2-4-10(13)11-6-7-12-14(20)8-9-15(21)16(12)17(11)18(19)22/h2-9H,1H3. The molecule has 106 valence electrons. The number of allylic oxidation sites excluding steroid dienone is 2. The van der Waals surface area contributed by atoms with Crippen LogP contribution < -0.4 is 5.56 Å². The number of aryl methyl sites for hydroxylation is 1. The molecular formula is C18H11NO3. The molecule has 1 aliphatic rings. The van der Waals surface area contributed by atoms with Crippen LogP contribution in [0.25, 0.3) is 21.7 Å². The van der Waals surface area contributed by atoms with Crippen LogP contribution >= 0.6 is 0 Å². The van der Waals surface area contributed by atoms with Gasteiger partial charge in [0.1, 0.15) is 0 Å². The Bertz CT molecular complexity index is 1090. The average molecular weight is 289 g/mol. The number of hydrogen-bond donors (Lipinski definition) is 0. The molecule has 3 aromatic rings. The third-order valence-corrected chi connectivity index (χ3v) is 4.18. The van der Waals surface area contributed by atoms with E-state index in [1.807, 2.05) is 24.3 Å². The molecule has 0 aliphatic heterocycles. The summed E-state index contributed by atoms with van der Waals surface area (Å²) >= 11 is 0. The number of ketones is 2. The number of aromatic nitrogens is 1. The Morgan fingerprint density at radius 1 is 0.818 bits per heavy atom. The summed E-state index contributed by atoms with van der Waals surface area (Å²) in [5.74, 6) is -0.542. The molecule has 0 unspecified atom stereocenters. The number of carbonyl (C=O) groups excluding carboxylic acids is 2. The Morgan fingerprint density at radius 3 is 2.36 bits per heavy atom. The molecule has 4 rings (SSSR count). The van der Waals surface area contributed by atoms with Crippen molar-refractivity contribution in [1.29, 1.82) is 0 Å². The lowest BCUT2D eigenvalue weighted by Gasteiger charge is -2.15. The van der Waals surface area contributed by atoms with E-state index in [9.17, 15) is 14.4 Å². The smallest absolute Gasteiger partial charge is 0.259 e. The van der Waals surface area contributed by atoms with Crippen molar-refractivity contribution in [3.8, 4) is 0 Å². The number of carbonyl (C=O) groups is 2. The predicted molar refractivity (Wildman–Crippen MR) is 84.5 cm³/mol. The first-order valence-corrected chi connectivity index (χ1v) is 6.91. The van der Waals surface area contributed by atoms with E-state index in [0.717, 1.165) is 10.9 Å². The maximum atomic E-state index is 12.7. The van der Waals surface area contributed by atoms with Gasteiger partial charge in [0, 0.05) is 23.6 Å². The highest BCUT2D eigenvalue weighted by Gasteiger charge is 2.24. The average Bonchev–Trinajstić information content (AvgIpc) is 2.55. The van der Waals surface area contributed by atoms with E-state index in [4.69, 9.17) is 0 Å². The maximum absolute atomic E-state index is 12.7. The highest BCUT2D eigenvalue weighted by molar-refractivity contribution is 6.28. The van der Waals surface area contributed by atoms with Gasteiger partial charge in [0.25, 0.3) is 5.56 Å². The fourth-order valence-electron chi connectivity index (χ4n) is 3.11. The van der Waals surface area contributed by atoms with Crippen molar-refractivity contribution in [2.75, 3.05) is 0 Å². The van der Waals surface area contributed by atoms with Crippen LogP contribution in [0.2, 0.25) is 0 Å². The Hall–Kier alpha value is -3.01. The van der Waals surface area contributed by atoms with E-state index >= 15 is 0 Å². The molecule has 22 heavy (non-hydrogen) atoms. The van der Waals surface area contributed by atoms with Gasteiger partial charge in [0.15, 0.2) is 11.6 Å². The molecule has 1 aromatic heterocycles. The predicted octanol–water partition coefficient (Wildman–Crippen LogP) is 2.63. The summed E-state index contributed by atoms with van der Waals surface area (Å²) in [6.45, 7) is 0. The third-order valence-electron chi connectivity index (χ3n) is 4.18. The Balaban J connectivity index is 2.34. The fourth-order valence-corrected chi connectivity index (χ4v) is 3.11. The molecule has 4 heteroatoms. The normalized spacial score (nSPS) is 13.9. The van der Waals surface area contributed by atoms with Crippen LogP contribution in [0.15, 0.2) is 53.3 Å². The Kier molecular flexibility index (Phi) is 2.45. The molecule has 0 fully saturated rings. The summed E-state index contributed by atoms with van der Waals surface area (Å²) in [6.07, 6.45) is 2.49. The Labute approximate surface area is 125 Å². The number of rotatable bonds is 0. The first-order chi connectivity index (χ1) is 10.6. The third kappa shape index (κ3) is 1.49. The van der Waals surface area contributed by atoms with Crippen molar-refractivity contribution in [2.45, 2.75) is 0 Å². The van der Waals surface area contributed by atoms with Gasteiger partial charge in [-0.1, -0.05) is 24.3 Å². The van der Waals surface area contributed by atoms with Gasteiger partial charge in [-0.2, -0.15) is 0 Å². The molecular weight excluding hydrogens is 278 g/mol. The van der Waals surface area contributed by atoms with Gasteiger partial charge in [-0.3, -0.25) is 14.4 Å². The van der Waals surface area contributed by atoms with E-state index in [1.165, 1.54) is 16.7 Å². The zero-order chi connectivity index (χ0) is 15.4. The molecule has 2 aromatic carbocycles. The molecule has 0 amide bonds. The molecule has 0 atom stereocenters. The molecule has 0 bridgehead atoms. The van der Waals surface area contributed by atoms with Crippen LogP contribution in [0.1, 0.15) is 20.7 Å². The van der Waals surface area contributed by atoms with Crippen LogP contribution in [-0.4, -0.2) is 16.1 Å². The summed E-state index contributed by atoms with van der Waals surface area (Å²) in [6, 6.07) is 10.9. The second-order valence-corrected chi connectivity index (χ2v) is 5.35. The number of benzene rings is 2. The molecule has 0 saturated heterocycles. The number of hydrogen-bond acceptors (Lipinski definition) is 3. The zero-order valence-electron chi connectivity index (χ0n) is 11.8. The fraction of sp³-hybridized carbons (Fsp3) is 0.0556. The van der Waals surface area contributed by atoms with Crippen molar-refractivity contribution >= 4 is 33.2 Å². The van der Waals surface area contributed by atoms with Crippen LogP contribution in [-0.2, 0) is 7.05 Å². The van der Waals surface area contributed by atoms with Gasteiger partial charge in [-0.25, -0.2) is 0 Å². The van der Waals surface area contributed by atoms with Crippen molar-refractivity contribution in [3.63, 3.8) is 0 Å². The van der Waals surface area contributed by atoms with Gasteiger partial charge in [-0.15, -0.1) is 0 Å². The Morgan fingerprint density at radius 2 is 1.55 bits per heavy atom. The number of para-hydroxylation sites is 1. The molecule has 0 spiro atoms. The van der Waals surface area contributed by atoms with Crippen LogP contribution in [0.5, 0.6) is 0 Å². The second-order valence-electron chi connectivity index (χ2n) is 5.35. The largest absolute Gasteiger partial charge is 0.311 e. The van der Waals surface area contributed by atoms with E-state index in [2.05, 4.69) is 0 Å². The summed E-state index contributed by atoms with van der Waals surface area (Å²) in [7, 11) is 1.68. The number of pyridine rings is 1. The molecule has 0 radical (unpaired) electrons. The monoisotopic (exact) mass is 289 g/mol. The van der Waals surface area contributed by atoms with Crippen LogP contribution in [0.3, 0.4) is 0 Å². The topological polar surface area (TPSA) is 56.1 Å². The highest BCUT2D eigenvalue weighted by Crippen LogP contribution is 2.29. The number of fused-ring (bicyclic) bond motifs is 5. The van der Waals surface area contributed by atoms with Crippen molar-refractivity contribution in [2.24, 2.45) is 7.05 Å². The van der Waals surface area contributed by atoms with Gasteiger partial charge >= 0.3 is 0 Å². The van der Waals surface area contributed by atoms with Crippen LogP contribution in [0.4, 0.5) is 0 Å². The first-order valence-electron chi connectivity index (χ1n) is 6.91. The first kappa shape index (κ1) is 12.7. The summed E-state index contributed by atoms with van der Waals surface area (Å²) in [5, 5.41) is 1.91. The van der Waals surface area contributed by atoms with Gasteiger partial charge < -0.3 is 4.57 Å². The van der Waals surface area contributed by atoms with E-state index < -0.39 is 0 Å². The molecule has 0 saturated carbocycles. The van der Waals surface area contributed by atoms with Crippen molar-refractivity contribution in [1.82, 2.24) is 4.57 Å². The minimum Gasteiger partial charge on any atom is -0.311 e. The quantitative estimate of drug-likeness (QED) is 0.598.